The van der Waals surface area contributed by atoms with Gasteiger partial charge in [-0.25, -0.2) is 0 Å². The molecular formula is C14H7ClN2O5S. The first kappa shape index (κ1) is 15.3. The van der Waals surface area contributed by atoms with Crippen molar-refractivity contribution in [3.8, 4) is 11.3 Å². The van der Waals surface area contributed by atoms with Crippen molar-refractivity contribution in [2.75, 3.05) is 0 Å². The van der Waals surface area contributed by atoms with Crippen molar-refractivity contribution in [2.24, 2.45) is 0 Å². The summed E-state index contributed by atoms with van der Waals surface area (Å²) in [6.07, 6.45) is 1.43. The number of nitrogens with zero attached hydrogens (tertiary/aromatic N) is 1. The van der Waals surface area contributed by atoms with Crippen LogP contribution in [-0.4, -0.2) is 16.1 Å². The lowest BCUT2D eigenvalue weighted by Crippen LogP contribution is -2.17. The van der Waals surface area contributed by atoms with Gasteiger partial charge in [0.1, 0.15) is 16.5 Å². The molecule has 2 heterocycles. The van der Waals surface area contributed by atoms with Crippen LogP contribution in [-0.2, 0) is 4.79 Å². The van der Waals surface area contributed by atoms with E-state index < -0.39 is 16.1 Å². The van der Waals surface area contributed by atoms with E-state index in [-0.39, 0.29) is 15.6 Å². The number of hydrogen-bond donors (Lipinski definition) is 1. The zero-order valence-electron chi connectivity index (χ0n) is 11.2. The van der Waals surface area contributed by atoms with Gasteiger partial charge in [0.05, 0.1) is 9.83 Å². The van der Waals surface area contributed by atoms with Crippen LogP contribution in [0.3, 0.4) is 0 Å². The number of imide groups is 1. The number of benzene rings is 1. The van der Waals surface area contributed by atoms with Gasteiger partial charge < -0.3 is 4.42 Å². The molecule has 1 aliphatic heterocycles. The highest BCUT2D eigenvalue weighted by molar-refractivity contribution is 8.18. The van der Waals surface area contributed by atoms with Gasteiger partial charge in [-0.3, -0.25) is 25.0 Å². The summed E-state index contributed by atoms with van der Waals surface area (Å²) in [5.41, 5.74) is 0.252. The Balaban J connectivity index is 1.92. The van der Waals surface area contributed by atoms with Crippen LogP contribution >= 0.6 is 23.4 Å². The lowest BCUT2D eigenvalue weighted by Gasteiger charge is -1.99. The highest BCUT2D eigenvalue weighted by Gasteiger charge is 2.25. The number of rotatable bonds is 3. The zero-order valence-corrected chi connectivity index (χ0v) is 12.8. The minimum absolute atomic E-state index is 0.0326. The molecule has 0 spiro atoms. The Labute approximate surface area is 138 Å². The third kappa shape index (κ3) is 3.13. The minimum atomic E-state index is -0.581. The van der Waals surface area contributed by atoms with E-state index in [1.807, 2.05) is 0 Å². The molecule has 3 rings (SSSR count). The highest BCUT2D eigenvalue weighted by Crippen LogP contribution is 2.32. The molecule has 1 N–H and O–H groups in total. The third-order valence-corrected chi connectivity index (χ3v) is 4.10. The first-order valence-corrected chi connectivity index (χ1v) is 7.42. The Kier molecular flexibility index (Phi) is 3.93. The fourth-order valence-electron chi connectivity index (χ4n) is 1.94. The van der Waals surface area contributed by atoms with Crippen molar-refractivity contribution < 1.29 is 18.9 Å². The van der Waals surface area contributed by atoms with Gasteiger partial charge in [0, 0.05) is 17.7 Å². The first-order chi connectivity index (χ1) is 10.9. The number of furan rings is 1. The second kappa shape index (κ2) is 5.90. The third-order valence-electron chi connectivity index (χ3n) is 2.97. The molecule has 1 aromatic heterocycles. The van der Waals surface area contributed by atoms with Gasteiger partial charge >= 0.3 is 0 Å². The molecule has 1 aliphatic rings. The van der Waals surface area contributed by atoms with Crippen LogP contribution in [0.5, 0.6) is 0 Å². The maximum atomic E-state index is 11.5. The van der Waals surface area contributed by atoms with Crippen molar-refractivity contribution >= 4 is 46.3 Å². The van der Waals surface area contributed by atoms with Gasteiger partial charge in [-0.15, -0.1) is 0 Å². The monoisotopic (exact) mass is 350 g/mol. The Bertz CT molecular complexity index is 874. The molecule has 0 bridgehead atoms. The molecule has 0 saturated carbocycles. The molecule has 116 valence electrons. The van der Waals surface area contributed by atoms with Crippen molar-refractivity contribution in [3.05, 3.63) is 56.1 Å². The Morgan fingerprint density at radius 3 is 2.70 bits per heavy atom. The molecule has 1 aromatic carbocycles. The van der Waals surface area contributed by atoms with E-state index in [1.165, 1.54) is 18.2 Å². The van der Waals surface area contributed by atoms with Gasteiger partial charge in [-0.1, -0.05) is 11.6 Å². The highest BCUT2D eigenvalue weighted by atomic mass is 35.5. The number of carbonyl (C=O) groups excluding carboxylic acids is 2. The molecule has 2 aromatic rings. The van der Waals surface area contributed by atoms with E-state index in [2.05, 4.69) is 5.32 Å². The number of carbonyl (C=O) groups is 2. The van der Waals surface area contributed by atoms with Crippen LogP contribution in [0.15, 0.2) is 39.7 Å². The SMILES string of the molecule is O=C1NC(=O)/C(=C/c2ccc(-c3ccc(Cl)c([N+](=O)[O-])c3)o2)S1. The maximum Gasteiger partial charge on any atom is 0.290 e. The van der Waals surface area contributed by atoms with Gasteiger partial charge in [-0.05, 0) is 36.0 Å². The predicted molar refractivity (Wildman–Crippen MR) is 84.9 cm³/mol. The predicted octanol–water partition coefficient (Wildman–Crippen LogP) is 3.83. The molecule has 0 atom stereocenters. The summed E-state index contributed by atoms with van der Waals surface area (Å²) >= 11 is 6.54. The second-order valence-corrected chi connectivity index (χ2v) is 5.90. The second-order valence-electron chi connectivity index (χ2n) is 4.48. The standard InChI is InChI=1S/C14H7ClN2O5S/c15-9-3-1-7(5-10(9)17(20)21)11-4-2-8(22-11)6-12-13(18)16-14(19)23-12/h1-6H,(H,16,18,19)/b12-6-. The fourth-order valence-corrected chi connectivity index (χ4v) is 2.79. The molecule has 1 saturated heterocycles. The fraction of sp³-hybridized carbons (Fsp3) is 0. The van der Waals surface area contributed by atoms with E-state index in [4.69, 9.17) is 16.0 Å². The summed E-state index contributed by atoms with van der Waals surface area (Å²) in [4.78, 5) is 33.1. The van der Waals surface area contributed by atoms with Gasteiger partial charge in [0.15, 0.2) is 0 Å². The van der Waals surface area contributed by atoms with E-state index in [9.17, 15) is 19.7 Å². The quantitative estimate of drug-likeness (QED) is 0.512. The summed E-state index contributed by atoms with van der Waals surface area (Å²) in [5.74, 6) is 0.247. The number of nitro groups is 1. The van der Waals surface area contributed by atoms with Crippen LogP contribution < -0.4 is 5.32 Å². The average Bonchev–Trinajstić information content (AvgIpc) is 3.06. The molecule has 0 unspecified atom stereocenters. The van der Waals surface area contributed by atoms with Crippen molar-refractivity contribution in [2.45, 2.75) is 0 Å². The smallest absolute Gasteiger partial charge is 0.290 e. The number of amides is 2. The Morgan fingerprint density at radius 1 is 1.26 bits per heavy atom. The number of halogens is 1. The van der Waals surface area contributed by atoms with Gasteiger partial charge in [0.2, 0.25) is 0 Å². The van der Waals surface area contributed by atoms with Crippen LogP contribution in [0, 0.1) is 10.1 Å². The van der Waals surface area contributed by atoms with E-state index in [1.54, 1.807) is 18.2 Å². The van der Waals surface area contributed by atoms with Gasteiger partial charge in [-0.2, -0.15) is 0 Å². The number of nitro benzene ring substituents is 1. The van der Waals surface area contributed by atoms with Gasteiger partial charge in [0.25, 0.3) is 16.8 Å². The molecule has 2 amide bonds. The average molecular weight is 351 g/mol. The topological polar surface area (TPSA) is 102 Å². The molecule has 1 fully saturated rings. The zero-order chi connectivity index (χ0) is 16.6. The summed E-state index contributed by atoms with van der Waals surface area (Å²) in [6.45, 7) is 0. The van der Waals surface area contributed by atoms with Crippen molar-refractivity contribution in [3.63, 3.8) is 0 Å². The van der Waals surface area contributed by atoms with Crippen LogP contribution in [0.1, 0.15) is 5.76 Å². The molecule has 9 heteroatoms. The molecule has 0 aliphatic carbocycles. The Morgan fingerprint density at radius 2 is 2.04 bits per heavy atom. The van der Waals surface area contributed by atoms with Crippen LogP contribution in [0.2, 0.25) is 5.02 Å². The van der Waals surface area contributed by atoms with E-state index in [0.717, 1.165) is 11.8 Å². The number of thioether (sulfide) groups is 1. The molecule has 7 nitrogen and oxygen atoms in total. The van der Waals surface area contributed by atoms with E-state index in [0.29, 0.717) is 17.1 Å². The van der Waals surface area contributed by atoms with Crippen molar-refractivity contribution in [1.82, 2.24) is 5.32 Å². The number of nitrogens with one attached hydrogen (secondary N) is 1. The first-order valence-electron chi connectivity index (χ1n) is 6.23. The lowest BCUT2D eigenvalue weighted by atomic mass is 10.1. The summed E-state index contributed by atoms with van der Waals surface area (Å²) in [6, 6.07) is 7.51. The molecule has 23 heavy (non-hydrogen) atoms. The maximum absolute atomic E-state index is 11.5. The largest absolute Gasteiger partial charge is 0.457 e. The van der Waals surface area contributed by atoms with Crippen LogP contribution in [0.25, 0.3) is 17.4 Å². The number of hydrogen-bond acceptors (Lipinski definition) is 6. The van der Waals surface area contributed by atoms with E-state index >= 15 is 0 Å². The van der Waals surface area contributed by atoms with Crippen LogP contribution in [0.4, 0.5) is 10.5 Å². The summed E-state index contributed by atoms with van der Waals surface area (Å²) in [5, 5.41) is 12.6. The minimum Gasteiger partial charge on any atom is -0.457 e. The van der Waals surface area contributed by atoms with Crippen molar-refractivity contribution in [1.29, 1.82) is 0 Å². The lowest BCUT2D eigenvalue weighted by molar-refractivity contribution is -0.384. The summed E-state index contributed by atoms with van der Waals surface area (Å²) in [7, 11) is 0. The molecular weight excluding hydrogens is 344 g/mol. The molecule has 0 radical (unpaired) electrons. The Hall–Kier alpha value is -2.58. The normalized spacial score (nSPS) is 16.0. The summed E-state index contributed by atoms with van der Waals surface area (Å²) < 4.78 is 5.54.